The third kappa shape index (κ3) is 2.39. The van der Waals surface area contributed by atoms with Crippen LogP contribution in [0.2, 0.25) is 0 Å². The van der Waals surface area contributed by atoms with Crippen LogP contribution >= 0.6 is 0 Å². The van der Waals surface area contributed by atoms with Crippen LogP contribution in [-0.2, 0) is 4.79 Å². The van der Waals surface area contributed by atoms with Gasteiger partial charge < -0.3 is 0 Å². The number of ketones is 1. The Morgan fingerprint density at radius 1 is 1.33 bits per heavy atom. The lowest BCUT2D eigenvalue weighted by Gasteiger charge is -2.31. The van der Waals surface area contributed by atoms with Crippen LogP contribution in [0.15, 0.2) is 0 Å². The molecular formula is C12H22FNO. The van der Waals surface area contributed by atoms with Crippen LogP contribution in [0.5, 0.6) is 0 Å². The van der Waals surface area contributed by atoms with E-state index < -0.39 is 6.17 Å². The molecule has 0 aromatic rings. The first kappa shape index (κ1) is 12.6. The summed E-state index contributed by atoms with van der Waals surface area (Å²) in [4.78, 5) is 14.0. The molecule has 0 aromatic heterocycles. The standard InChI is InChI=1S/C12H22FNO/c1-7(2)12(15)11-6-10(13)9(5)14(11)8(3)4/h7-11H,6H2,1-5H3/t9-,10+,11-/m0/s1. The smallest absolute Gasteiger partial charge is 0.152 e. The van der Waals surface area contributed by atoms with Gasteiger partial charge in [0.1, 0.15) is 6.17 Å². The summed E-state index contributed by atoms with van der Waals surface area (Å²) in [5, 5.41) is 0. The summed E-state index contributed by atoms with van der Waals surface area (Å²) in [6.07, 6.45) is -0.490. The van der Waals surface area contributed by atoms with E-state index in [-0.39, 0.29) is 29.8 Å². The van der Waals surface area contributed by atoms with E-state index in [9.17, 15) is 9.18 Å². The summed E-state index contributed by atoms with van der Waals surface area (Å²) >= 11 is 0. The number of carbonyl (C=O) groups is 1. The van der Waals surface area contributed by atoms with Gasteiger partial charge in [0, 0.05) is 24.4 Å². The van der Waals surface area contributed by atoms with Crippen LogP contribution in [0.1, 0.15) is 41.0 Å². The van der Waals surface area contributed by atoms with Crippen LogP contribution in [0.25, 0.3) is 0 Å². The van der Waals surface area contributed by atoms with Crippen LogP contribution in [0.4, 0.5) is 4.39 Å². The highest BCUT2D eigenvalue weighted by Gasteiger charge is 2.43. The molecule has 0 bridgehead atoms. The van der Waals surface area contributed by atoms with Crippen molar-refractivity contribution in [3.8, 4) is 0 Å². The van der Waals surface area contributed by atoms with Crippen molar-refractivity contribution >= 4 is 5.78 Å². The van der Waals surface area contributed by atoms with Crippen molar-refractivity contribution in [3.05, 3.63) is 0 Å². The third-order valence-corrected chi connectivity index (χ3v) is 3.30. The molecule has 1 aliphatic heterocycles. The lowest BCUT2D eigenvalue weighted by atomic mass is 9.99. The highest BCUT2D eigenvalue weighted by atomic mass is 19.1. The van der Waals surface area contributed by atoms with Crippen LogP contribution < -0.4 is 0 Å². The van der Waals surface area contributed by atoms with Gasteiger partial charge in [0.05, 0.1) is 6.04 Å². The summed E-state index contributed by atoms with van der Waals surface area (Å²) < 4.78 is 13.6. The largest absolute Gasteiger partial charge is 0.298 e. The van der Waals surface area contributed by atoms with Gasteiger partial charge in [0.15, 0.2) is 5.78 Å². The molecule has 1 heterocycles. The molecule has 0 aliphatic carbocycles. The summed E-state index contributed by atoms with van der Waals surface area (Å²) in [6.45, 7) is 9.69. The third-order valence-electron chi connectivity index (χ3n) is 3.30. The Balaban J connectivity index is 2.84. The minimum atomic E-state index is -0.861. The number of alkyl halides is 1. The molecular weight excluding hydrogens is 193 g/mol. The maximum Gasteiger partial charge on any atom is 0.152 e. The van der Waals surface area contributed by atoms with Crippen molar-refractivity contribution in [2.75, 3.05) is 0 Å². The van der Waals surface area contributed by atoms with Gasteiger partial charge in [-0.1, -0.05) is 13.8 Å². The summed E-state index contributed by atoms with van der Waals surface area (Å²) in [5.74, 6) is 0.171. The second kappa shape index (κ2) is 4.60. The number of halogens is 1. The predicted octanol–water partition coefficient (Wildman–Crippen LogP) is 2.42. The molecule has 3 atom stereocenters. The first-order chi connectivity index (χ1) is 6.86. The lowest BCUT2D eigenvalue weighted by molar-refractivity contribution is -0.127. The van der Waals surface area contributed by atoms with E-state index in [4.69, 9.17) is 0 Å². The van der Waals surface area contributed by atoms with Crippen LogP contribution in [0.3, 0.4) is 0 Å². The van der Waals surface area contributed by atoms with Crippen LogP contribution in [0, 0.1) is 5.92 Å². The molecule has 0 amide bonds. The van der Waals surface area contributed by atoms with Crippen molar-refractivity contribution in [1.29, 1.82) is 0 Å². The van der Waals surface area contributed by atoms with E-state index in [1.165, 1.54) is 0 Å². The van der Waals surface area contributed by atoms with Gasteiger partial charge in [-0.3, -0.25) is 9.69 Å². The Labute approximate surface area is 91.8 Å². The molecule has 1 fully saturated rings. The zero-order valence-electron chi connectivity index (χ0n) is 10.3. The van der Waals surface area contributed by atoms with E-state index in [1.807, 2.05) is 39.5 Å². The molecule has 2 nitrogen and oxygen atoms in total. The zero-order valence-corrected chi connectivity index (χ0v) is 10.3. The number of likely N-dealkylation sites (tertiary alicyclic amines) is 1. The molecule has 88 valence electrons. The van der Waals surface area contributed by atoms with Gasteiger partial charge >= 0.3 is 0 Å². The molecule has 0 N–H and O–H groups in total. The number of carbonyl (C=O) groups excluding carboxylic acids is 1. The SMILES string of the molecule is CC(C)C(=O)[C@@H]1C[C@@H](F)[C@H](C)N1C(C)C. The average Bonchev–Trinajstić information content (AvgIpc) is 2.41. The van der Waals surface area contributed by atoms with E-state index in [1.54, 1.807) is 0 Å². The van der Waals surface area contributed by atoms with Crippen molar-refractivity contribution in [2.45, 2.75) is 65.3 Å². The molecule has 1 rings (SSSR count). The summed E-state index contributed by atoms with van der Waals surface area (Å²) in [7, 11) is 0. The summed E-state index contributed by atoms with van der Waals surface area (Å²) in [5.41, 5.74) is 0. The van der Waals surface area contributed by atoms with Gasteiger partial charge in [-0.25, -0.2) is 4.39 Å². The Morgan fingerprint density at radius 2 is 1.87 bits per heavy atom. The Hall–Kier alpha value is -0.440. The van der Waals surface area contributed by atoms with E-state index in [0.717, 1.165) is 0 Å². The minimum absolute atomic E-state index is 0.00579. The normalized spacial score (nSPS) is 32.9. The van der Waals surface area contributed by atoms with E-state index in [2.05, 4.69) is 0 Å². The first-order valence-corrected chi connectivity index (χ1v) is 5.81. The van der Waals surface area contributed by atoms with Crippen molar-refractivity contribution < 1.29 is 9.18 Å². The highest BCUT2D eigenvalue weighted by Crippen LogP contribution is 2.30. The average molecular weight is 215 g/mol. The summed E-state index contributed by atoms with van der Waals surface area (Å²) in [6, 6.07) is -0.110. The number of hydrogen-bond donors (Lipinski definition) is 0. The lowest BCUT2D eigenvalue weighted by Crippen LogP contribution is -2.45. The van der Waals surface area contributed by atoms with Crippen molar-refractivity contribution in [3.63, 3.8) is 0 Å². The monoisotopic (exact) mass is 215 g/mol. The van der Waals surface area contributed by atoms with Gasteiger partial charge in [-0.2, -0.15) is 0 Å². The Kier molecular flexibility index (Phi) is 3.87. The van der Waals surface area contributed by atoms with E-state index in [0.29, 0.717) is 6.42 Å². The predicted molar refractivity (Wildman–Crippen MR) is 59.6 cm³/mol. The topological polar surface area (TPSA) is 20.3 Å². The van der Waals surface area contributed by atoms with Crippen LogP contribution in [-0.4, -0.2) is 35.0 Å². The van der Waals surface area contributed by atoms with Crippen molar-refractivity contribution in [2.24, 2.45) is 5.92 Å². The molecule has 0 radical (unpaired) electrons. The number of nitrogens with zero attached hydrogens (tertiary/aromatic N) is 1. The van der Waals surface area contributed by atoms with Gasteiger partial charge in [0.2, 0.25) is 0 Å². The maximum atomic E-state index is 13.6. The fourth-order valence-corrected chi connectivity index (χ4v) is 2.48. The molecule has 1 aliphatic rings. The quantitative estimate of drug-likeness (QED) is 0.720. The Bertz CT molecular complexity index is 240. The molecule has 3 heteroatoms. The fraction of sp³-hybridized carbons (Fsp3) is 0.917. The van der Waals surface area contributed by atoms with Crippen molar-refractivity contribution in [1.82, 2.24) is 4.90 Å². The second-order valence-corrected chi connectivity index (χ2v) is 5.11. The highest BCUT2D eigenvalue weighted by molar-refractivity contribution is 5.86. The van der Waals surface area contributed by atoms with E-state index >= 15 is 0 Å². The molecule has 15 heavy (non-hydrogen) atoms. The Morgan fingerprint density at radius 3 is 2.27 bits per heavy atom. The number of Topliss-reactive ketones (excluding diaryl/α,β-unsaturated/α-hetero) is 1. The second-order valence-electron chi connectivity index (χ2n) is 5.11. The van der Waals surface area contributed by atoms with Gasteiger partial charge in [-0.15, -0.1) is 0 Å². The maximum absolute atomic E-state index is 13.6. The molecule has 0 aromatic carbocycles. The zero-order chi connectivity index (χ0) is 11.7. The van der Waals surface area contributed by atoms with Gasteiger partial charge in [0.25, 0.3) is 0 Å². The number of rotatable bonds is 3. The molecule has 0 unspecified atom stereocenters. The molecule has 0 saturated carbocycles. The fourth-order valence-electron chi connectivity index (χ4n) is 2.48. The minimum Gasteiger partial charge on any atom is -0.298 e. The molecule has 0 spiro atoms. The number of hydrogen-bond acceptors (Lipinski definition) is 2. The molecule has 1 saturated heterocycles. The first-order valence-electron chi connectivity index (χ1n) is 5.81. The van der Waals surface area contributed by atoms with Gasteiger partial charge in [-0.05, 0) is 20.8 Å².